The van der Waals surface area contributed by atoms with E-state index in [9.17, 15) is 18.0 Å². The first-order chi connectivity index (χ1) is 12.9. The highest BCUT2D eigenvalue weighted by Gasteiger charge is 2.29. The number of nitrogens with zero attached hydrogens (tertiary/aromatic N) is 2. The number of nitrogens with one attached hydrogen (secondary N) is 1. The number of morpholine rings is 1. The van der Waals surface area contributed by atoms with Crippen molar-refractivity contribution in [1.29, 1.82) is 0 Å². The van der Waals surface area contributed by atoms with Crippen LogP contribution in [0.25, 0.3) is 6.08 Å². The highest BCUT2D eigenvalue weighted by Crippen LogP contribution is 2.29. The van der Waals surface area contributed by atoms with Crippen molar-refractivity contribution in [3.63, 3.8) is 0 Å². The van der Waals surface area contributed by atoms with Gasteiger partial charge in [0.15, 0.2) is 5.82 Å². The number of ether oxygens (including phenoxy) is 1. The summed E-state index contributed by atoms with van der Waals surface area (Å²) in [5.41, 5.74) is 0.342. The van der Waals surface area contributed by atoms with E-state index in [-0.39, 0.29) is 0 Å². The van der Waals surface area contributed by atoms with Gasteiger partial charge in [0, 0.05) is 25.4 Å². The van der Waals surface area contributed by atoms with Crippen LogP contribution in [0.15, 0.2) is 48.7 Å². The van der Waals surface area contributed by atoms with Gasteiger partial charge in [0.05, 0.1) is 24.5 Å². The molecule has 1 aromatic heterocycles. The van der Waals surface area contributed by atoms with Crippen LogP contribution in [0.2, 0.25) is 0 Å². The summed E-state index contributed by atoms with van der Waals surface area (Å²) in [6, 6.07) is 8.07. The Labute approximate surface area is 154 Å². The normalized spacial score (nSPS) is 15.1. The lowest BCUT2D eigenvalue weighted by molar-refractivity contribution is -0.137. The Morgan fingerprint density at radius 3 is 2.52 bits per heavy atom. The lowest BCUT2D eigenvalue weighted by Gasteiger charge is -2.29. The topological polar surface area (TPSA) is 54.5 Å². The molecule has 1 aliphatic heterocycles. The molecule has 1 N–H and O–H groups in total. The van der Waals surface area contributed by atoms with Gasteiger partial charge in [-0.15, -0.1) is 0 Å². The van der Waals surface area contributed by atoms with Gasteiger partial charge in [-0.25, -0.2) is 4.98 Å². The molecule has 2 aromatic rings. The van der Waals surface area contributed by atoms with Crippen LogP contribution in [0.3, 0.4) is 0 Å². The van der Waals surface area contributed by atoms with Crippen LogP contribution in [0.4, 0.5) is 24.7 Å². The van der Waals surface area contributed by atoms with Gasteiger partial charge in [-0.2, -0.15) is 13.2 Å². The summed E-state index contributed by atoms with van der Waals surface area (Å²) in [5, 5.41) is 2.76. The summed E-state index contributed by atoms with van der Waals surface area (Å²) < 4.78 is 43.0. The van der Waals surface area contributed by atoms with E-state index in [2.05, 4.69) is 10.3 Å². The Morgan fingerprint density at radius 2 is 1.85 bits per heavy atom. The van der Waals surface area contributed by atoms with E-state index in [1.807, 2.05) is 4.90 Å². The molecule has 2 heterocycles. The summed E-state index contributed by atoms with van der Waals surface area (Å²) in [6.07, 6.45) is 0.00721. The summed E-state index contributed by atoms with van der Waals surface area (Å²) in [7, 11) is 0. The fourth-order valence-electron chi connectivity index (χ4n) is 2.65. The van der Waals surface area contributed by atoms with E-state index in [1.165, 1.54) is 24.3 Å². The third kappa shape index (κ3) is 5.07. The Kier molecular flexibility index (Phi) is 5.75. The average Bonchev–Trinajstić information content (AvgIpc) is 2.67. The summed E-state index contributed by atoms with van der Waals surface area (Å²) in [6.45, 7) is 2.55. The van der Waals surface area contributed by atoms with Gasteiger partial charge in [0.2, 0.25) is 5.91 Å². The molecule has 1 aromatic carbocycles. The van der Waals surface area contributed by atoms with E-state index >= 15 is 0 Å². The zero-order valence-corrected chi connectivity index (χ0v) is 14.4. The molecule has 0 radical (unpaired) electrons. The minimum Gasteiger partial charge on any atom is -0.378 e. The van der Waals surface area contributed by atoms with Crippen molar-refractivity contribution in [3.05, 3.63) is 59.8 Å². The smallest absolute Gasteiger partial charge is 0.378 e. The molecule has 8 heteroatoms. The molecular formula is C19H18F3N3O2. The van der Waals surface area contributed by atoms with E-state index < -0.39 is 17.6 Å². The number of benzene rings is 1. The molecular weight excluding hydrogens is 359 g/mol. The number of anilines is 2. The first kappa shape index (κ1) is 18.9. The number of carbonyl (C=O) groups is 1. The molecule has 1 saturated heterocycles. The zero-order chi connectivity index (χ0) is 19.3. The number of hydrogen-bond donors (Lipinski definition) is 1. The summed E-state index contributed by atoms with van der Waals surface area (Å²) in [5.74, 6) is 0.273. The van der Waals surface area contributed by atoms with E-state index in [0.29, 0.717) is 43.4 Å². The molecule has 0 atom stereocenters. The van der Waals surface area contributed by atoms with Crippen molar-refractivity contribution in [2.45, 2.75) is 6.18 Å². The monoisotopic (exact) mass is 377 g/mol. The van der Waals surface area contributed by atoms with Gasteiger partial charge in [0.25, 0.3) is 0 Å². The number of hydrogen-bond acceptors (Lipinski definition) is 4. The molecule has 0 aliphatic carbocycles. The van der Waals surface area contributed by atoms with E-state index in [0.717, 1.165) is 12.1 Å². The number of halogens is 3. The standard InChI is InChI=1S/C19H18F3N3O2/c20-19(21,22)15-6-3-14(4-7-15)5-8-17(26)24-16-2-1-9-23-18(16)25-10-12-27-13-11-25/h1-9H,10-13H2,(H,24,26)/b8-5+. The highest BCUT2D eigenvalue weighted by molar-refractivity contribution is 6.03. The lowest BCUT2D eigenvalue weighted by atomic mass is 10.1. The van der Waals surface area contributed by atoms with Gasteiger partial charge in [-0.05, 0) is 35.9 Å². The summed E-state index contributed by atoms with van der Waals surface area (Å²) in [4.78, 5) is 18.6. The Bertz CT molecular complexity index is 814. The van der Waals surface area contributed by atoms with Crippen molar-refractivity contribution in [3.8, 4) is 0 Å². The number of rotatable bonds is 4. The van der Waals surface area contributed by atoms with Crippen molar-refractivity contribution < 1.29 is 22.7 Å². The zero-order valence-electron chi connectivity index (χ0n) is 14.4. The van der Waals surface area contributed by atoms with E-state index in [4.69, 9.17) is 4.74 Å². The van der Waals surface area contributed by atoms with Crippen molar-refractivity contribution in [2.75, 3.05) is 36.5 Å². The first-order valence-corrected chi connectivity index (χ1v) is 8.37. The third-order valence-corrected chi connectivity index (χ3v) is 4.02. The van der Waals surface area contributed by atoms with Crippen LogP contribution < -0.4 is 10.2 Å². The maximum atomic E-state index is 12.6. The number of amides is 1. The van der Waals surface area contributed by atoms with E-state index in [1.54, 1.807) is 18.3 Å². The highest BCUT2D eigenvalue weighted by atomic mass is 19.4. The van der Waals surface area contributed by atoms with Crippen LogP contribution in [-0.2, 0) is 15.7 Å². The number of alkyl halides is 3. The molecule has 0 unspecified atom stereocenters. The van der Waals surface area contributed by atoms with Gasteiger partial charge >= 0.3 is 6.18 Å². The molecule has 0 bridgehead atoms. The molecule has 142 valence electrons. The second-order valence-corrected chi connectivity index (χ2v) is 5.92. The number of carbonyl (C=O) groups excluding carboxylic acids is 1. The largest absolute Gasteiger partial charge is 0.416 e. The van der Waals surface area contributed by atoms with Crippen LogP contribution in [0.5, 0.6) is 0 Å². The SMILES string of the molecule is O=C(/C=C/c1ccc(C(F)(F)F)cc1)Nc1cccnc1N1CCOCC1. The maximum Gasteiger partial charge on any atom is 0.416 e. The van der Waals surface area contributed by atoms with Crippen molar-refractivity contribution in [1.82, 2.24) is 4.98 Å². The molecule has 1 aliphatic rings. The van der Waals surface area contributed by atoms with Crippen molar-refractivity contribution in [2.24, 2.45) is 0 Å². The minimum absolute atomic E-state index is 0.391. The number of aromatic nitrogens is 1. The third-order valence-electron chi connectivity index (χ3n) is 4.02. The number of pyridine rings is 1. The predicted molar refractivity (Wildman–Crippen MR) is 96.4 cm³/mol. The van der Waals surface area contributed by atoms with Gasteiger partial charge in [-0.1, -0.05) is 12.1 Å². The molecule has 3 rings (SSSR count). The molecule has 0 spiro atoms. The van der Waals surface area contributed by atoms with Crippen LogP contribution in [0, 0.1) is 0 Å². The second-order valence-electron chi connectivity index (χ2n) is 5.92. The van der Waals surface area contributed by atoms with Crippen LogP contribution >= 0.6 is 0 Å². The average molecular weight is 377 g/mol. The second kappa shape index (κ2) is 8.22. The summed E-state index contributed by atoms with van der Waals surface area (Å²) >= 11 is 0. The molecule has 0 saturated carbocycles. The van der Waals surface area contributed by atoms with Crippen LogP contribution in [0.1, 0.15) is 11.1 Å². The van der Waals surface area contributed by atoms with Crippen molar-refractivity contribution >= 4 is 23.5 Å². The van der Waals surface area contributed by atoms with Gasteiger partial charge < -0.3 is 15.0 Å². The fourth-order valence-corrected chi connectivity index (χ4v) is 2.65. The lowest BCUT2D eigenvalue weighted by Crippen LogP contribution is -2.37. The predicted octanol–water partition coefficient (Wildman–Crippen LogP) is 3.59. The quantitative estimate of drug-likeness (QED) is 0.828. The Hall–Kier alpha value is -2.87. The van der Waals surface area contributed by atoms with Gasteiger partial charge in [0.1, 0.15) is 0 Å². The molecule has 1 fully saturated rings. The van der Waals surface area contributed by atoms with Crippen LogP contribution in [-0.4, -0.2) is 37.2 Å². The molecule has 1 amide bonds. The Morgan fingerprint density at radius 1 is 1.15 bits per heavy atom. The minimum atomic E-state index is -4.38. The first-order valence-electron chi connectivity index (χ1n) is 8.37. The fraction of sp³-hybridized carbons (Fsp3) is 0.263. The van der Waals surface area contributed by atoms with Gasteiger partial charge in [-0.3, -0.25) is 4.79 Å². The Balaban J connectivity index is 1.66. The molecule has 5 nitrogen and oxygen atoms in total. The maximum absolute atomic E-state index is 12.6. The molecule has 27 heavy (non-hydrogen) atoms.